The summed E-state index contributed by atoms with van der Waals surface area (Å²) in [5.41, 5.74) is -0.607. The Morgan fingerprint density at radius 2 is 2.05 bits per heavy atom. The Morgan fingerprint density at radius 3 is 2.42 bits per heavy atom. The predicted octanol–water partition coefficient (Wildman–Crippen LogP) is 1.45. The lowest BCUT2D eigenvalue weighted by molar-refractivity contribution is -0.141. The number of aliphatic carboxylic acids is 1. The van der Waals surface area contributed by atoms with Gasteiger partial charge in [-0.1, -0.05) is 6.92 Å². The highest BCUT2D eigenvalue weighted by Gasteiger charge is 2.31. The van der Waals surface area contributed by atoms with E-state index >= 15 is 0 Å². The summed E-state index contributed by atoms with van der Waals surface area (Å²) in [5, 5.41) is 12.0. The van der Waals surface area contributed by atoms with Crippen molar-refractivity contribution in [3.63, 3.8) is 0 Å². The quantitative estimate of drug-likeness (QED) is 0.842. The van der Waals surface area contributed by atoms with Crippen LogP contribution in [0.2, 0.25) is 0 Å². The molecule has 0 saturated heterocycles. The van der Waals surface area contributed by atoms with Crippen LogP contribution in [0.5, 0.6) is 0 Å². The summed E-state index contributed by atoms with van der Waals surface area (Å²) in [6.07, 6.45) is 1.85. The van der Waals surface area contributed by atoms with Crippen molar-refractivity contribution in [2.45, 2.75) is 25.8 Å². The van der Waals surface area contributed by atoms with E-state index in [0.29, 0.717) is 17.8 Å². The van der Waals surface area contributed by atoms with Crippen LogP contribution in [0.15, 0.2) is 18.3 Å². The minimum absolute atomic E-state index is 0.143. The van der Waals surface area contributed by atoms with E-state index in [4.69, 9.17) is 5.11 Å². The normalized spacial score (nSPS) is 13.5. The number of carbonyl (C=O) groups excluding carboxylic acids is 1. The van der Waals surface area contributed by atoms with Crippen molar-refractivity contribution in [2.24, 2.45) is 0 Å². The van der Waals surface area contributed by atoms with E-state index in [0.717, 1.165) is 0 Å². The van der Waals surface area contributed by atoms with Gasteiger partial charge in [0, 0.05) is 20.3 Å². The lowest BCUT2D eigenvalue weighted by atomic mass is 9.99. The second-order valence-corrected chi connectivity index (χ2v) is 4.75. The Morgan fingerprint density at radius 1 is 1.42 bits per heavy atom. The van der Waals surface area contributed by atoms with Crippen LogP contribution < -0.4 is 5.32 Å². The van der Waals surface area contributed by atoms with Crippen molar-refractivity contribution in [1.29, 1.82) is 0 Å². The predicted molar refractivity (Wildman–Crippen MR) is 72.2 cm³/mol. The molecule has 1 atom stereocenters. The van der Waals surface area contributed by atoms with Gasteiger partial charge in [0.05, 0.1) is 5.56 Å². The summed E-state index contributed by atoms with van der Waals surface area (Å²) in [7, 11) is 3.32. The first kappa shape index (κ1) is 14.9. The Bertz CT molecular complexity index is 471. The van der Waals surface area contributed by atoms with Crippen LogP contribution in [0.25, 0.3) is 0 Å². The highest BCUT2D eigenvalue weighted by Crippen LogP contribution is 2.17. The van der Waals surface area contributed by atoms with Gasteiger partial charge in [-0.25, -0.2) is 9.78 Å². The van der Waals surface area contributed by atoms with E-state index in [-0.39, 0.29) is 5.91 Å². The summed E-state index contributed by atoms with van der Waals surface area (Å²) < 4.78 is 0. The Kier molecular flexibility index (Phi) is 4.47. The average molecular weight is 265 g/mol. The molecule has 1 amide bonds. The number of carboxylic acids is 1. The monoisotopic (exact) mass is 265 g/mol. The fourth-order valence-corrected chi connectivity index (χ4v) is 1.43. The standard InChI is InChI=1S/C13H19N3O3/c1-5-13(2,12(18)19)15-10-7-6-9(8-14-10)11(17)16(3)4/h6-8H,5H2,1-4H3,(H,14,15)(H,18,19). The number of anilines is 1. The van der Waals surface area contributed by atoms with E-state index < -0.39 is 11.5 Å². The molecular formula is C13H19N3O3. The van der Waals surface area contributed by atoms with E-state index in [9.17, 15) is 9.59 Å². The summed E-state index contributed by atoms with van der Waals surface area (Å²) in [6, 6.07) is 3.23. The van der Waals surface area contributed by atoms with Gasteiger partial charge in [0.2, 0.25) is 0 Å². The van der Waals surface area contributed by atoms with E-state index in [1.54, 1.807) is 40.1 Å². The molecule has 1 rings (SSSR count). The molecule has 19 heavy (non-hydrogen) atoms. The van der Waals surface area contributed by atoms with Crippen LogP contribution in [-0.2, 0) is 4.79 Å². The summed E-state index contributed by atoms with van der Waals surface area (Å²) in [4.78, 5) is 28.4. The SMILES string of the molecule is CCC(C)(Nc1ccc(C(=O)N(C)C)cn1)C(=O)O. The van der Waals surface area contributed by atoms with E-state index in [1.807, 2.05) is 0 Å². The van der Waals surface area contributed by atoms with Gasteiger partial charge in [0.15, 0.2) is 0 Å². The van der Waals surface area contributed by atoms with Crippen LogP contribution in [-0.4, -0.2) is 46.5 Å². The summed E-state index contributed by atoms with van der Waals surface area (Å²) in [5.74, 6) is -0.650. The zero-order valence-corrected chi connectivity index (χ0v) is 11.6. The van der Waals surface area contributed by atoms with Crippen molar-refractivity contribution in [3.8, 4) is 0 Å². The van der Waals surface area contributed by atoms with Crippen LogP contribution in [0, 0.1) is 0 Å². The maximum absolute atomic E-state index is 11.7. The number of hydrogen-bond donors (Lipinski definition) is 2. The molecule has 104 valence electrons. The number of nitrogens with one attached hydrogen (secondary N) is 1. The molecule has 1 aromatic rings. The molecule has 0 spiro atoms. The van der Waals surface area contributed by atoms with Crippen molar-refractivity contribution in [1.82, 2.24) is 9.88 Å². The molecule has 0 aliphatic heterocycles. The molecule has 0 aromatic carbocycles. The molecule has 0 aliphatic carbocycles. The number of aromatic nitrogens is 1. The van der Waals surface area contributed by atoms with Crippen molar-refractivity contribution in [3.05, 3.63) is 23.9 Å². The van der Waals surface area contributed by atoms with Gasteiger partial charge in [-0.3, -0.25) is 4.79 Å². The van der Waals surface area contributed by atoms with Crippen molar-refractivity contribution in [2.75, 3.05) is 19.4 Å². The fourth-order valence-electron chi connectivity index (χ4n) is 1.43. The number of amides is 1. The number of carbonyl (C=O) groups is 2. The first-order valence-corrected chi connectivity index (χ1v) is 5.99. The molecule has 0 aliphatic rings. The van der Waals surface area contributed by atoms with E-state index in [1.165, 1.54) is 11.1 Å². The minimum Gasteiger partial charge on any atom is -0.480 e. The van der Waals surface area contributed by atoms with Gasteiger partial charge >= 0.3 is 5.97 Å². The topological polar surface area (TPSA) is 82.5 Å². The molecule has 0 fully saturated rings. The first-order valence-electron chi connectivity index (χ1n) is 5.99. The minimum atomic E-state index is -1.07. The van der Waals surface area contributed by atoms with Crippen LogP contribution >= 0.6 is 0 Å². The van der Waals surface area contributed by atoms with Crippen LogP contribution in [0.1, 0.15) is 30.6 Å². The number of pyridine rings is 1. The fraction of sp³-hybridized carbons (Fsp3) is 0.462. The van der Waals surface area contributed by atoms with Crippen molar-refractivity contribution >= 4 is 17.7 Å². The third-order valence-corrected chi connectivity index (χ3v) is 3.00. The van der Waals surface area contributed by atoms with Crippen LogP contribution in [0.3, 0.4) is 0 Å². The Labute approximate surface area is 112 Å². The smallest absolute Gasteiger partial charge is 0.329 e. The third-order valence-electron chi connectivity index (χ3n) is 3.00. The molecule has 0 saturated carbocycles. The summed E-state index contributed by atoms with van der Waals surface area (Å²) in [6.45, 7) is 3.38. The summed E-state index contributed by atoms with van der Waals surface area (Å²) >= 11 is 0. The Hall–Kier alpha value is -2.11. The third kappa shape index (κ3) is 3.43. The molecule has 0 bridgehead atoms. The zero-order valence-electron chi connectivity index (χ0n) is 11.6. The van der Waals surface area contributed by atoms with Gasteiger partial charge in [-0.15, -0.1) is 0 Å². The largest absolute Gasteiger partial charge is 0.480 e. The number of rotatable bonds is 5. The molecule has 0 radical (unpaired) electrons. The average Bonchev–Trinajstić information content (AvgIpc) is 2.38. The molecular weight excluding hydrogens is 246 g/mol. The Balaban J connectivity index is 2.88. The molecule has 1 heterocycles. The molecule has 2 N–H and O–H groups in total. The lowest BCUT2D eigenvalue weighted by Gasteiger charge is -2.25. The molecule has 6 heteroatoms. The lowest BCUT2D eigenvalue weighted by Crippen LogP contribution is -2.42. The van der Waals surface area contributed by atoms with Crippen LogP contribution in [0.4, 0.5) is 5.82 Å². The maximum atomic E-state index is 11.7. The first-order chi connectivity index (χ1) is 8.80. The van der Waals surface area contributed by atoms with Gasteiger partial charge in [0.1, 0.15) is 11.4 Å². The number of nitrogens with zero attached hydrogens (tertiary/aromatic N) is 2. The number of carboxylic acid groups (broad SMARTS) is 1. The number of hydrogen-bond acceptors (Lipinski definition) is 4. The van der Waals surface area contributed by atoms with Gasteiger partial charge < -0.3 is 15.3 Å². The van der Waals surface area contributed by atoms with Crippen molar-refractivity contribution < 1.29 is 14.7 Å². The maximum Gasteiger partial charge on any atom is 0.329 e. The second-order valence-electron chi connectivity index (χ2n) is 4.75. The van der Waals surface area contributed by atoms with Gasteiger partial charge in [0.25, 0.3) is 5.91 Å². The highest BCUT2D eigenvalue weighted by molar-refractivity contribution is 5.93. The van der Waals surface area contributed by atoms with Gasteiger partial charge in [-0.2, -0.15) is 0 Å². The zero-order chi connectivity index (χ0) is 14.6. The second kappa shape index (κ2) is 5.69. The highest BCUT2D eigenvalue weighted by atomic mass is 16.4. The molecule has 1 aromatic heterocycles. The van der Waals surface area contributed by atoms with E-state index in [2.05, 4.69) is 10.3 Å². The molecule has 6 nitrogen and oxygen atoms in total. The molecule has 1 unspecified atom stereocenters. The van der Waals surface area contributed by atoms with Gasteiger partial charge in [-0.05, 0) is 25.5 Å².